The molecule has 0 spiro atoms. The lowest BCUT2D eigenvalue weighted by atomic mass is 9.81. The molecule has 46 heavy (non-hydrogen) atoms. The number of hydrogen-bond acceptors (Lipinski definition) is 10. The molecule has 4 aromatic rings. The maximum absolute atomic E-state index is 13.3. The third-order valence-electron chi connectivity index (χ3n) is 8.95. The van der Waals surface area contributed by atoms with Crippen LogP contribution >= 0.6 is 11.3 Å². The van der Waals surface area contributed by atoms with Crippen LogP contribution in [0.5, 0.6) is 5.88 Å². The van der Waals surface area contributed by atoms with Crippen molar-refractivity contribution < 1.29 is 14.0 Å². The van der Waals surface area contributed by atoms with Crippen LogP contribution in [0, 0.1) is 18.3 Å². The van der Waals surface area contributed by atoms with Crippen molar-refractivity contribution >= 4 is 22.5 Å². The van der Waals surface area contributed by atoms with Crippen molar-refractivity contribution in [2.24, 2.45) is 7.05 Å². The summed E-state index contributed by atoms with van der Waals surface area (Å²) >= 11 is 1.72. The smallest absolute Gasteiger partial charge is 0.330 e. The molecule has 2 atom stereocenters. The summed E-state index contributed by atoms with van der Waals surface area (Å²) in [4.78, 5) is 27.8. The molecular weight excluding hydrogens is 602 g/mol. The van der Waals surface area contributed by atoms with Gasteiger partial charge in [-0.15, -0.1) is 11.3 Å². The van der Waals surface area contributed by atoms with E-state index < -0.39 is 0 Å². The lowest BCUT2D eigenvalue weighted by molar-refractivity contribution is 0.187. The van der Waals surface area contributed by atoms with Crippen LogP contribution in [0.15, 0.2) is 9.32 Å². The molecule has 1 aliphatic carbocycles. The van der Waals surface area contributed by atoms with E-state index in [1.54, 1.807) is 34.6 Å². The molecule has 1 fully saturated rings. The standard InChI is InChI=1S/C31H39N7O4S.C3H8/c1-6-9-21-25(20-11-7-12-23-24(20)22(16-32)18(2)43-23)35-42-27(21)28-33-29-26(37(4)31(39)38(29)14-15-40-5)30(34-28)41-17-19-10-8-13-36(19)3;1-3-2/h19-20H,6-15,17H2,1-5H3;3H2,1-2H3/t19-,20-;/m0./s1. The van der Waals surface area contributed by atoms with Gasteiger partial charge in [0.15, 0.2) is 11.2 Å². The summed E-state index contributed by atoms with van der Waals surface area (Å²) < 4.78 is 21.0. The Balaban J connectivity index is 0.00000134. The summed E-state index contributed by atoms with van der Waals surface area (Å²) in [6.45, 7) is 10.6. The molecule has 0 bridgehead atoms. The average Bonchev–Trinajstić information content (AvgIpc) is 3.79. The maximum Gasteiger partial charge on any atom is 0.330 e. The van der Waals surface area contributed by atoms with Crippen LogP contribution in [0.3, 0.4) is 0 Å². The van der Waals surface area contributed by atoms with Crippen LogP contribution in [0.2, 0.25) is 0 Å². The second-order valence-corrected chi connectivity index (χ2v) is 13.7. The zero-order valence-electron chi connectivity index (χ0n) is 28.3. The van der Waals surface area contributed by atoms with Gasteiger partial charge in [0.2, 0.25) is 17.5 Å². The van der Waals surface area contributed by atoms with Crippen LogP contribution in [0.25, 0.3) is 22.7 Å². The highest BCUT2D eigenvalue weighted by Gasteiger charge is 2.34. The molecule has 6 rings (SSSR count). The fourth-order valence-electron chi connectivity index (χ4n) is 6.68. The molecule has 12 heteroatoms. The number of ether oxygens (including phenoxy) is 2. The Hall–Kier alpha value is -3.53. The van der Waals surface area contributed by atoms with E-state index in [-0.39, 0.29) is 17.6 Å². The Morgan fingerprint density at radius 1 is 1.15 bits per heavy atom. The van der Waals surface area contributed by atoms with E-state index >= 15 is 0 Å². The van der Waals surface area contributed by atoms with E-state index in [0.29, 0.717) is 48.4 Å². The summed E-state index contributed by atoms with van der Waals surface area (Å²) in [5, 5.41) is 14.7. The minimum atomic E-state index is -0.208. The molecule has 11 nitrogen and oxygen atoms in total. The average molecular weight is 650 g/mol. The predicted octanol–water partition coefficient (Wildman–Crippen LogP) is 5.98. The second-order valence-electron chi connectivity index (χ2n) is 12.4. The zero-order chi connectivity index (χ0) is 33.0. The molecule has 0 radical (unpaired) electrons. The first-order valence-corrected chi connectivity index (χ1v) is 17.4. The van der Waals surface area contributed by atoms with Crippen LogP contribution in [0.4, 0.5) is 0 Å². The number of aromatic nitrogens is 5. The normalized spacial score (nSPS) is 18.0. The number of nitriles is 1. The largest absolute Gasteiger partial charge is 0.474 e. The van der Waals surface area contributed by atoms with Gasteiger partial charge < -0.3 is 18.9 Å². The summed E-state index contributed by atoms with van der Waals surface area (Å²) in [6.07, 6.45) is 7.94. The fourth-order valence-corrected chi connectivity index (χ4v) is 7.91. The van der Waals surface area contributed by atoms with E-state index in [2.05, 4.69) is 43.9 Å². The van der Waals surface area contributed by atoms with Gasteiger partial charge in [0.25, 0.3) is 0 Å². The zero-order valence-corrected chi connectivity index (χ0v) is 29.1. The number of methoxy groups -OCH3 is 1. The first kappa shape index (κ1) is 33.8. The number of rotatable bonds is 10. The van der Waals surface area contributed by atoms with E-state index in [9.17, 15) is 10.1 Å². The number of nitrogens with zero attached hydrogens (tertiary/aromatic N) is 7. The molecule has 1 saturated heterocycles. The summed E-state index contributed by atoms with van der Waals surface area (Å²) in [5.74, 6) is 1.18. The topological polar surface area (TPSA) is 124 Å². The minimum absolute atomic E-state index is 0.0173. The third-order valence-corrected chi connectivity index (χ3v) is 10.1. The molecule has 1 aliphatic heterocycles. The summed E-state index contributed by atoms with van der Waals surface area (Å²) in [5.41, 5.74) is 4.50. The van der Waals surface area contributed by atoms with E-state index in [0.717, 1.165) is 78.8 Å². The van der Waals surface area contributed by atoms with Gasteiger partial charge in [-0.1, -0.05) is 38.8 Å². The van der Waals surface area contributed by atoms with Crippen LogP contribution < -0.4 is 10.4 Å². The Morgan fingerprint density at radius 2 is 1.93 bits per heavy atom. The van der Waals surface area contributed by atoms with Crippen molar-refractivity contribution in [3.63, 3.8) is 0 Å². The lowest BCUT2D eigenvalue weighted by Crippen LogP contribution is -2.30. The van der Waals surface area contributed by atoms with Crippen LogP contribution in [-0.2, 0) is 31.2 Å². The first-order valence-electron chi connectivity index (χ1n) is 16.6. The van der Waals surface area contributed by atoms with Gasteiger partial charge in [0.1, 0.15) is 12.7 Å². The number of hydrogen-bond donors (Lipinski definition) is 0. The molecule has 248 valence electrons. The first-order chi connectivity index (χ1) is 22.3. The van der Waals surface area contributed by atoms with Gasteiger partial charge in [-0.05, 0) is 64.6 Å². The Morgan fingerprint density at radius 3 is 2.61 bits per heavy atom. The lowest BCUT2D eigenvalue weighted by Gasteiger charge is -2.22. The molecule has 0 unspecified atom stereocenters. The number of imidazole rings is 1. The van der Waals surface area contributed by atoms with E-state index in [1.165, 1.54) is 11.3 Å². The SMILES string of the molecule is CCC.CCCc1c([C@H]2CCCc3sc(C)c(C#N)c32)noc1-c1nc(OC[C@@H]2CCCN2C)c2c(n1)n(CCOC)c(=O)n2C. The summed E-state index contributed by atoms with van der Waals surface area (Å²) in [6, 6.07) is 2.73. The number of likely N-dealkylation sites (tertiary alicyclic amines) is 1. The molecule has 5 heterocycles. The Bertz CT molecular complexity index is 1760. The van der Waals surface area contributed by atoms with Crippen molar-refractivity contribution in [2.45, 2.75) is 97.6 Å². The van der Waals surface area contributed by atoms with Crippen LogP contribution in [-0.4, -0.2) is 69.1 Å². The quantitative estimate of drug-likeness (QED) is 0.204. The van der Waals surface area contributed by atoms with Crippen molar-refractivity contribution in [1.29, 1.82) is 5.26 Å². The highest BCUT2D eigenvalue weighted by atomic mass is 32.1. The van der Waals surface area contributed by atoms with Gasteiger partial charge in [-0.25, -0.2) is 9.78 Å². The van der Waals surface area contributed by atoms with Gasteiger partial charge in [0, 0.05) is 41.4 Å². The fraction of sp³-hybridized carbons (Fsp3) is 0.618. The second kappa shape index (κ2) is 14.9. The monoisotopic (exact) mass is 649 g/mol. The van der Waals surface area contributed by atoms with Crippen molar-refractivity contribution in [3.8, 4) is 23.5 Å². The summed E-state index contributed by atoms with van der Waals surface area (Å²) in [7, 11) is 5.44. The van der Waals surface area contributed by atoms with Crippen molar-refractivity contribution in [2.75, 3.05) is 33.9 Å². The number of thiophene rings is 1. The molecule has 0 N–H and O–H groups in total. The van der Waals surface area contributed by atoms with Gasteiger partial charge in [-0.2, -0.15) is 10.2 Å². The Kier molecular flexibility index (Phi) is 11.0. The highest BCUT2D eigenvalue weighted by molar-refractivity contribution is 7.12. The van der Waals surface area contributed by atoms with Gasteiger partial charge in [-0.3, -0.25) is 9.13 Å². The van der Waals surface area contributed by atoms with Crippen molar-refractivity contribution in [1.82, 2.24) is 29.2 Å². The predicted molar refractivity (Wildman–Crippen MR) is 180 cm³/mol. The molecular formula is C34H47N7O4S. The molecule has 4 aromatic heterocycles. The minimum Gasteiger partial charge on any atom is -0.474 e. The number of likely N-dealkylation sites (N-methyl/N-ethyl adjacent to an activating group) is 1. The van der Waals surface area contributed by atoms with Gasteiger partial charge >= 0.3 is 5.69 Å². The highest BCUT2D eigenvalue weighted by Crippen LogP contribution is 2.45. The third kappa shape index (κ3) is 6.37. The van der Waals surface area contributed by atoms with Crippen LogP contribution in [0.1, 0.15) is 97.4 Å². The van der Waals surface area contributed by atoms with E-state index in [4.69, 9.17) is 24.0 Å². The molecule has 2 aliphatic rings. The number of fused-ring (bicyclic) bond motifs is 2. The van der Waals surface area contributed by atoms with Crippen molar-refractivity contribution in [3.05, 3.63) is 42.6 Å². The number of aryl methyl sites for hydroxylation is 3. The van der Waals surface area contributed by atoms with Gasteiger partial charge in [0.05, 0.1) is 24.4 Å². The molecule has 0 aromatic carbocycles. The molecule has 0 amide bonds. The van der Waals surface area contributed by atoms with E-state index in [1.807, 2.05) is 6.92 Å². The molecule has 0 saturated carbocycles. The maximum atomic E-state index is 13.3. The Labute approximate surface area is 275 Å².